The highest BCUT2D eigenvalue weighted by molar-refractivity contribution is 5.92. The zero-order valence-electron chi connectivity index (χ0n) is 13.4. The summed E-state index contributed by atoms with van der Waals surface area (Å²) >= 11 is 0. The van der Waals surface area contributed by atoms with Gasteiger partial charge in [0.25, 0.3) is 5.89 Å². The molecular formula is C19H12N2O5. The topological polar surface area (TPSA) is 95.4 Å². The number of benzene rings is 2. The van der Waals surface area contributed by atoms with Crippen LogP contribution in [0.15, 0.2) is 74.3 Å². The highest BCUT2D eigenvalue weighted by Crippen LogP contribution is 2.18. The van der Waals surface area contributed by atoms with Gasteiger partial charge in [-0.25, -0.2) is 9.59 Å². The van der Waals surface area contributed by atoms with Crippen molar-refractivity contribution in [3.8, 4) is 11.5 Å². The van der Waals surface area contributed by atoms with Crippen molar-refractivity contribution in [3.05, 3.63) is 82.5 Å². The van der Waals surface area contributed by atoms with Gasteiger partial charge in [-0.1, -0.05) is 36.4 Å². The Kier molecular flexibility index (Phi) is 4.03. The van der Waals surface area contributed by atoms with Crippen LogP contribution >= 0.6 is 0 Å². The molecule has 0 saturated carbocycles. The van der Waals surface area contributed by atoms with Gasteiger partial charge in [0.05, 0.1) is 0 Å². The quantitative estimate of drug-likeness (QED) is 0.413. The third kappa shape index (κ3) is 3.10. The van der Waals surface area contributed by atoms with E-state index in [9.17, 15) is 9.59 Å². The molecule has 7 nitrogen and oxygen atoms in total. The Morgan fingerprint density at radius 2 is 1.73 bits per heavy atom. The van der Waals surface area contributed by atoms with Crippen LogP contribution in [0.2, 0.25) is 0 Å². The van der Waals surface area contributed by atoms with E-state index < -0.39 is 11.6 Å². The molecule has 2 aromatic carbocycles. The molecule has 0 saturated heterocycles. The zero-order chi connectivity index (χ0) is 17.9. The summed E-state index contributed by atoms with van der Waals surface area (Å²) in [5.74, 6) is -0.367. The third-order valence-corrected chi connectivity index (χ3v) is 3.68. The molecular weight excluding hydrogens is 336 g/mol. The minimum Gasteiger partial charge on any atom is -0.452 e. The highest BCUT2D eigenvalue weighted by atomic mass is 16.5. The van der Waals surface area contributed by atoms with Gasteiger partial charge >= 0.3 is 11.6 Å². The first-order valence-electron chi connectivity index (χ1n) is 7.78. The van der Waals surface area contributed by atoms with E-state index in [0.29, 0.717) is 16.9 Å². The second-order valence-corrected chi connectivity index (χ2v) is 5.43. The normalized spacial score (nSPS) is 10.8. The summed E-state index contributed by atoms with van der Waals surface area (Å²) in [4.78, 5) is 24.1. The Labute approximate surface area is 146 Å². The van der Waals surface area contributed by atoms with Crippen molar-refractivity contribution in [2.45, 2.75) is 6.61 Å². The molecule has 128 valence electrons. The molecule has 2 aromatic heterocycles. The fourth-order valence-electron chi connectivity index (χ4n) is 2.42. The van der Waals surface area contributed by atoms with Gasteiger partial charge in [0.1, 0.15) is 11.1 Å². The first-order valence-corrected chi connectivity index (χ1v) is 7.78. The van der Waals surface area contributed by atoms with Gasteiger partial charge in [-0.2, -0.15) is 0 Å². The number of esters is 1. The van der Waals surface area contributed by atoms with E-state index in [-0.39, 0.29) is 18.1 Å². The number of hydrogen-bond acceptors (Lipinski definition) is 7. The van der Waals surface area contributed by atoms with Crippen molar-refractivity contribution in [2.24, 2.45) is 0 Å². The van der Waals surface area contributed by atoms with Crippen LogP contribution in [0.3, 0.4) is 0 Å². The third-order valence-electron chi connectivity index (χ3n) is 3.68. The monoisotopic (exact) mass is 348 g/mol. The molecule has 0 aliphatic heterocycles. The maximum atomic E-state index is 12.2. The van der Waals surface area contributed by atoms with Crippen molar-refractivity contribution in [2.75, 3.05) is 0 Å². The molecule has 0 bridgehead atoms. The van der Waals surface area contributed by atoms with Gasteiger partial charge in [-0.3, -0.25) is 0 Å². The number of para-hydroxylation sites is 1. The molecule has 0 fully saturated rings. The van der Waals surface area contributed by atoms with Gasteiger partial charge in [0.15, 0.2) is 6.61 Å². The number of carbonyl (C=O) groups is 1. The first-order chi connectivity index (χ1) is 12.7. The molecule has 0 N–H and O–H groups in total. The number of aromatic nitrogens is 2. The van der Waals surface area contributed by atoms with Crippen molar-refractivity contribution >= 4 is 16.9 Å². The van der Waals surface area contributed by atoms with Crippen LogP contribution in [0.4, 0.5) is 0 Å². The molecule has 0 radical (unpaired) electrons. The lowest BCUT2D eigenvalue weighted by Gasteiger charge is -2.02. The SMILES string of the molecule is O=C(OCc1nnc(-c2ccccc2)o1)c1cc2ccccc2oc1=O. The molecule has 0 atom stereocenters. The summed E-state index contributed by atoms with van der Waals surface area (Å²) in [6.45, 7) is -0.245. The molecule has 0 aliphatic carbocycles. The first kappa shape index (κ1) is 15.8. The Hall–Kier alpha value is -3.74. The van der Waals surface area contributed by atoms with Crippen LogP contribution in [0, 0.1) is 0 Å². The molecule has 0 spiro atoms. The molecule has 4 rings (SSSR count). The van der Waals surface area contributed by atoms with E-state index in [1.807, 2.05) is 30.3 Å². The molecule has 7 heteroatoms. The van der Waals surface area contributed by atoms with Crippen molar-refractivity contribution < 1.29 is 18.4 Å². The maximum Gasteiger partial charge on any atom is 0.351 e. The van der Waals surface area contributed by atoms with E-state index in [1.54, 1.807) is 24.3 Å². The summed E-state index contributed by atoms with van der Waals surface area (Å²) in [6.07, 6.45) is 0. The molecule has 0 amide bonds. The van der Waals surface area contributed by atoms with Gasteiger partial charge in [0.2, 0.25) is 5.89 Å². The van der Waals surface area contributed by atoms with Crippen molar-refractivity contribution in [1.82, 2.24) is 10.2 Å². The average molecular weight is 348 g/mol. The van der Waals surface area contributed by atoms with E-state index >= 15 is 0 Å². The van der Waals surface area contributed by atoms with E-state index in [0.717, 1.165) is 5.56 Å². The largest absolute Gasteiger partial charge is 0.452 e. The zero-order valence-corrected chi connectivity index (χ0v) is 13.4. The molecule has 26 heavy (non-hydrogen) atoms. The molecule has 4 aromatic rings. The van der Waals surface area contributed by atoms with Gasteiger partial charge in [0, 0.05) is 10.9 Å². The lowest BCUT2D eigenvalue weighted by molar-refractivity contribution is 0.0434. The second-order valence-electron chi connectivity index (χ2n) is 5.43. The Morgan fingerprint density at radius 3 is 2.58 bits per heavy atom. The predicted octanol–water partition coefficient (Wildman–Crippen LogP) is 3.20. The minimum absolute atomic E-state index is 0.127. The Bertz CT molecular complexity index is 1130. The summed E-state index contributed by atoms with van der Waals surface area (Å²) < 4.78 is 15.7. The van der Waals surface area contributed by atoms with E-state index in [4.69, 9.17) is 13.6 Å². The number of rotatable bonds is 4. The Morgan fingerprint density at radius 1 is 0.962 bits per heavy atom. The number of nitrogens with zero attached hydrogens (tertiary/aromatic N) is 2. The minimum atomic E-state index is -0.816. The summed E-state index contributed by atoms with van der Waals surface area (Å²) in [5.41, 5.74) is 0.210. The smallest absolute Gasteiger partial charge is 0.351 e. The standard InChI is InChI=1S/C19H12N2O5/c22-18(14-10-13-8-4-5-9-15(13)25-19(14)23)24-11-16-20-21-17(26-16)12-6-2-1-3-7-12/h1-10H,11H2. The van der Waals surface area contributed by atoms with Crippen LogP contribution in [-0.4, -0.2) is 16.2 Å². The van der Waals surface area contributed by atoms with Crippen LogP contribution in [0.1, 0.15) is 16.2 Å². The number of fused-ring (bicyclic) bond motifs is 1. The summed E-state index contributed by atoms with van der Waals surface area (Å²) in [5, 5.41) is 8.37. The second kappa shape index (κ2) is 6.64. The van der Waals surface area contributed by atoms with Crippen LogP contribution in [0.25, 0.3) is 22.4 Å². The highest BCUT2D eigenvalue weighted by Gasteiger charge is 2.17. The van der Waals surface area contributed by atoms with Crippen molar-refractivity contribution in [3.63, 3.8) is 0 Å². The maximum absolute atomic E-state index is 12.2. The molecule has 0 aliphatic rings. The number of carbonyl (C=O) groups excluding carboxylic acids is 1. The van der Waals surface area contributed by atoms with Gasteiger partial charge < -0.3 is 13.6 Å². The lowest BCUT2D eigenvalue weighted by Crippen LogP contribution is -2.16. The predicted molar refractivity (Wildman–Crippen MR) is 91.3 cm³/mol. The van der Waals surface area contributed by atoms with Crippen molar-refractivity contribution in [1.29, 1.82) is 0 Å². The summed E-state index contributed by atoms with van der Waals surface area (Å²) in [6, 6.07) is 17.5. The number of hydrogen-bond donors (Lipinski definition) is 0. The van der Waals surface area contributed by atoms with E-state index in [2.05, 4.69) is 10.2 Å². The Balaban J connectivity index is 1.50. The van der Waals surface area contributed by atoms with Gasteiger partial charge in [-0.15, -0.1) is 10.2 Å². The van der Waals surface area contributed by atoms with Crippen LogP contribution in [0.5, 0.6) is 0 Å². The fourth-order valence-corrected chi connectivity index (χ4v) is 2.42. The average Bonchev–Trinajstić information content (AvgIpc) is 3.15. The number of ether oxygens (including phenoxy) is 1. The molecule has 0 unspecified atom stereocenters. The fraction of sp³-hybridized carbons (Fsp3) is 0.0526. The lowest BCUT2D eigenvalue weighted by atomic mass is 10.2. The summed E-state index contributed by atoms with van der Waals surface area (Å²) in [7, 11) is 0. The van der Waals surface area contributed by atoms with Crippen LogP contribution < -0.4 is 5.63 Å². The van der Waals surface area contributed by atoms with Crippen LogP contribution in [-0.2, 0) is 11.3 Å². The van der Waals surface area contributed by atoms with Gasteiger partial charge in [-0.05, 0) is 24.3 Å². The van der Waals surface area contributed by atoms with E-state index in [1.165, 1.54) is 6.07 Å². The molecule has 2 heterocycles.